The van der Waals surface area contributed by atoms with Crippen molar-refractivity contribution in [2.45, 2.75) is 21.2 Å². The van der Waals surface area contributed by atoms with Gasteiger partial charge in [-0.2, -0.15) is 18.4 Å². The molecule has 1 rings (SSSR count). The lowest BCUT2D eigenvalue weighted by atomic mass is 10.1. The molecule has 0 saturated heterocycles. The molecule has 0 spiro atoms. The molecule has 3 nitrogen and oxygen atoms in total. The zero-order valence-electron chi connectivity index (χ0n) is 8.83. The normalized spacial score (nSPS) is 12.2. The van der Waals surface area contributed by atoms with Crippen molar-refractivity contribution in [3.05, 3.63) is 23.3 Å². The van der Waals surface area contributed by atoms with Gasteiger partial charge in [-0.25, -0.2) is 8.42 Å². The van der Waals surface area contributed by atoms with Crippen molar-refractivity contribution in [2.24, 2.45) is 0 Å². The molecule has 0 atom stereocenters. The summed E-state index contributed by atoms with van der Waals surface area (Å²) in [5.41, 5.74) is -4.73. The maximum atomic E-state index is 12.4. The molecule has 0 unspecified atom stereocenters. The van der Waals surface area contributed by atoms with Gasteiger partial charge < -0.3 is 0 Å². The SMILES string of the molecule is N#Cc1cc(S(=O)(=O)Cl)c(SC(F)(F)F)cc1CCl. The minimum atomic E-state index is -4.69. The zero-order chi connectivity index (χ0) is 14.8. The summed E-state index contributed by atoms with van der Waals surface area (Å²) in [5.74, 6) is -0.225. The van der Waals surface area contributed by atoms with Gasteiger partial charge in [-0.3, -0.25) is 0 Å². The Labute approximate surface area is 120 Å². The molecule has 0 radical (unpaired) electrons. The lowest BCUT2D eigenvalue weighted by Gasteiger charge is -2.11. The molecule has 0 bridgehead atoms. The first-order valence-electron chi connectivity index (χ1n) is 4.42. The van der Waals surface area contributed by atoms with Crippen LogP contribution in [0.3, 0.4) is 0 Å². The fourth-order valence-corrected chi connectivity index (χ4v) is 3.58. The third-order valence-electron chi connectivity index (χ3n) is 1.92. The first-order valence-corrected chi connectivity index (χ1v) is 8.08. The van der Waals surface area contributed by atoms with Crippen molar-refractivity contribution >= 4 is 43.1 Å². The highest BCUT2D eigenvalue weighted by Gasteiger charge is 2.33. The van der Waals surface area contributed by atoms with Gasteiger partial charge in [0.25, 0.3) is 9.05 Å². The van der Waals surface area contributed by atoms with Crippen LogP contribution in [0.5, 0.6) is 0 Å². The van der Waals surface area contributed by atoms with Crippen LogP contribution < -0.4 is 0 Å². The van der Waals surface area contributed by atoms with Crippen molar-refractivity contribution < 1.29 is 21.6 Å². The number of benzene rings is 1. The Bertz CT molecular complexity index is 638. The fraction of sp³-hybridized carbons (Fsp3) is 0.222. The van der Waals surface area contributed by atoms with Gasteiger partial charge in [0, 0.05) is 21.5 Å². The van der Waals surface area contributed by atoms with Crippen LogP contribution in [0.4, 0.5) is 13.2 Å². The van der Waals surface area contributed by atoms with Crippen molar-refractivity contribution in [1.82, 2.24) is 0 Å². The van der Waals surface area contributed by atoms with E-state index in [1.807, 2.05) is 0 Å². The summed E-state index contributed by atoms with van der Waals surface area (Å²) in [7, 11) is 0.660. The second-order valence-electron chi connectivity index (χ2n) is 3.19. The zero-order valence-corrected chi connectivity index (χ0v) is 12.0. The van der Waals surface area contributed by atoms with Crippen LogP contribution in [0.2, 0.25) is 0 Å². The topological polar surface area (TPSA) is 57.9 Å². The van der Waals surface area contributed by atoms with E-state index in [4.69, 9.17) is 27.5 Å². The fourth-order valence-electron chi connectivity index (χ4n) is 1.21. The first kappa shape index (κ1) is 16.4. The Morgan fingerprint density at radius 3 is 2.32 bits per heavy atom. The summed E-state index contributed by atoms with van der Waals surface area (Å²) in [5, 5.41) is 8.79. The van der Waals surface area contributed by atoms with E-state index in [9.17, 15) is 21.6 Å². The Hall–Kier alpha value is -0.620. The van der Waals surface area contributed by atoms with Crippen molar-refractivity contribution in [1.29, 1.82) is 5.26 Å². The number of alkyl halides is 4. The van der Waals surface area contributed by atoms with Gasteiger partial charge in [-0.05, 0) is 29.5 Å². The number of hydrogen-bond acceptors (Lipinski definition) is 4. The Kier molecular flexibility index (Phi) is 5.01. The number of rotatable bonds is 3. The maximum absolute atomic E-state index is 12.4. The molecule has 0 aliphatic carbocycles. The number of hydrogen-bond donors (Lipinski definition) is 0. The first-order chi connectivity index (χ1) is 8.58. The Morgan fingerprint density at radius 1 is 1.37 bits per heavy atom. The summed E-state index contributed by atoms with van der Waals surface area (Å²) in [6.45, 7) is 0. The van der Waals surface area contributed by atoms with Crippen molar-refractivity contribution in [2.75, 3.05) is 0 Å². The summed E-state index contributed by atoms with van der Waals surface area (Å²) in [4.78, 5) is -1.38. The van der Waals surface area contributed by atoms with Crippen LogP contribution in [0.15, 0.2) is 21.9 Å². The van der Waals surface area contributed by atoms with E-state index < -0.39 is 36.1 Å². The second kappa shape index (κ2) is 5.79. The third kappa shape index (κ3) is 4.45. The van der Waals surface area contributed by atoms with Gasteiger partial charge in [0.2, 0.25) is 0 Å². The summed E-state index contributed by atoms with van der Waals surface area (Å²) in [6.07, 6.45) is 0. The molecule has 0 fully saturated rings. The quantitative estimate of drug-likeness (QED) is 0.472. The van der Waals surface area contributed by atoms with E-state index in [0.29, 0.717) is 0 Å². The van der Waals surface area contributed by atoms with E-state index in [1.165, 1.54) is 0 Å². The molecular formula is C9H4Cl2F3NO2S2. The van der Waals surface area contributed by atoms with Gasteiger partial charge >= 0.3 is 5.51 Å². The molecule has 1 aromatic carbocycles. The smallest absolute Gasteiger partial charge is 0.207 e. The van der Waals surface area contributed by atoms with Gasteiger partial charge in [0.15, 0.2) is 0 Å². The molecule has 1 aromatic rings. The number of halogens is 5. The van der Waals surface area contributed by atoms with Crippen LogP contribution in [-0.2, 0) is 14.9 Å². The molecular weight excluding hydrogens is 346 g/mol. The predicted octanol–water partition coefficient (Wildman–Crippen LogP) is 3.84. The van der Waals surface area contributed by atoms with Crippen molar-refractivity contribution in [3.8, 4) is 6.07 Å². The van der Waals surface area contributed by atoms with E-state index in [-0.39, 0.29) is 17.0 Å². The molecule has 104 valence electrons. The average molecular weight is 350 g/mol. The van der Waals surface area contributed by atoms with Crippen molar-refractivity contribution in [3.63, 3.8) is 0 Å². The molecule has 0 aliphatic heterocycles. The number of thioether (sulfide) groups is 1. The predicted molar refractivity (Wildman–Crippen MR) is 65.7 cm³/mol. The number of nitriles is 1. The van der Waals surface area contributed by atoms with Crippen LogP contribution >= 0.6 is 34.0 Å². The van der Waals surface area contributed by atoms with E-state index in [2.05, 4.69) is 0 Å². The molecule has 0 saturated carbocycles. The molecule has 10 heteroatoms. The highest BCUT2D eigenvalue weighted by Crippen LogP contribution is 2.41. The minimum Gasteiger partial charge on any atom is -0.207 e. The largest absolute Gasteiger partial charge is 0.446 e. The van der Waals surface area contributed by atoms with E-state index in [1.54, 1.807) is 6.07 Å². The van der Waals surface area contributed by atoms with Gasteiger partial charge in [-0.15, -0.1) is 11.6 Å². The third-order valence-corrected chi connectivity index (χ3v) is 4.49. The number of nitrogens with zero attached hydrogens (tertiary/aromatic N) is 1. The van der Waals surface area contributed by atoms with Gasteiger partial charge in [-0.1, -0.05) is 0 Å². The summed E-state index contributed by atoms with van der Waals surface area (Å²) in [6, 6.07) is 3.34. The van der Waals surface area contributed by atoms with E-state index >= 15 is 0 Å². The lowest BCUT2D eigenvalue weighted by molar-refractivity contribution is -0.0328. The highest BCUT2D eigenvalue weighted by molar-refractivity contribution is 8.14. The lowest BCUT2D eigenvalue weighted by Crippen LogP contribution is -2.04. The minimum absolute atomic E-state index is 0.0972. The molecule has 0 aromatic heterocycles. The van der Waals surface area contributed by atoms with E-state index in [0.717, 1.165) is 12.1 Å². The average Bonchev–Trinajstić information content (AvgIpc) is 2.24. The molecule has 0 N–H and O–H groups in total. The van der Waals surface area contributed by atoms with Crippen LogP contribution in [0.1, 0.15) is 11.1 Å². The second-order valence-corrected chi connectivity index (χ2v) is 7.10. The molecule has 19 heavy (non-hydrogen) atoms. The van der Waals surface area contributed by atoms with Gasteiger partial charge in [0.05, 0.1) is 16.5 Å². The molecule has 0 aliphatic rings. The van der Waals surface area contributed by atoms with Crippen LogP contribution in [0.25, 0.3) is 0 Å². The highest BCUT2D eigenvalue weighted by atomic mass is 35.7. The Morgan fingerprint density at radius 2 is 1.95 bits per heavy atom. The van der Waals surface area contributed by atoms with Gasteiger partial charge in [0.1, 0.15) is 0 Å². The van der Waals surface area contributed by atoms with Crippen LogP contribution in [-0.4, -0.2) is 13.9 Å². The van der Waals surface area contributed by atoms with Crippen LogP contribution in [0, 0.1) is 11.3 Å². The maximum Gasteiger partial charge on any atom is 0.446 e. The molecule has 0 amide bonds. The summed E-state index contributed by atoms with van der Waals surface area (Å²) < 4.78 is 59.6. The monoisotopic (exact) mass is 349 g/mol. The standard InChI is InChI=1S/C9H4Cl2F3NO2S2/c10-3-5-1-7(18-9(12,13)14)8(19(11,16)17)2-6(5)4-15/h1-2H,3H2. The summed E-state index contributed by atoms with van der Waals surface area (Å²) >= 11 is 4.87. The molecule has 0 heterocycles. The Balaban J connectivity index is 3.55.